The molecule has 1 heterocycles. The molecule has 4 aliphatic carbocycles. The number of rotatable bonds is 6. The van der Waals surface area contributed by atoms with Crippen LogP contribution >= 0.6 is 0 Å². The molecule has 0 radical (unpaired) electrons. The molecule has 0 aromatic heterocycles. The van der Waals surface area contributed by atoms with E-state index in [0.29, 0.717) is 31.0 Å². The lowest BCUT2D eigenvalue weighted by Gasteiger charge is -2.54. The number of nitrogens with two attached hydrogens (primary N) is 1. The van der Waals surface area contributed by atoms with Crippen LogP contribution in [0.2, 0.25) is 0 Å². The van der Waals surface area contributed by atoms with Crippen LogP contribution in [0.15, 0.2) is 0 Å². The van der Waals surface area contributed by atoms with E-state index in [1.54, 1.807) is 0 Å². The van der Waals surface area contributed by atoms with Crippen LogP contribution in [0.25, 0.3) is 0 Å². The Morgan fingerprint density at radius 2 is 1.73 bits per heavy atom. The van der Waals surface area contributed by atoms with Gasteiger partial charge >= 0.3 is 0 Å². The Balaban J connectivity index is 1.25. The zero-order valence-corrected chi connectivity index (χ0v) is 16.2. The second kappa shape index (κ2) is 7.37. The lowest BCUT2D eigenvalue weighted by molar-refractivity contribution is -0.126. The van der Waals surface area contributed by atoms with Crippen molar-refractivity contribution in [3.63, 3.8) is 0 Å². The smallest absolute Gasteiger partial charge is 0.274 e. The van der Waals surface area contributed by atoms with Crippen molar-refractivity contribution in [3.05, 3.63) is 0 Å². The SMILES string of the molecule is NS(=O)(=O)NCC1CCCN(CC(=O)NC2C3CC4CC(C3)CC2C4)C1. The van der Waals surface area contributed by atoms with Gasteiger partial charge in [-0.05, 0) is 81.1 Å². The van der Waals surface area contributed by atoms with Gasteiger partial charge in [-0.3, -0.25) is 9.69 Å². The number of likely N-dealkylation sites (tertiary alicyclic amines) is 1. The summed E-state index contributed by atoms with van der Waals surface area (Å²) in [5.74, 6) is 3.59. The summed E-state index contributed by atoms with van der Waals surface area (Å²) in [5.41, 5.74) is 0. The molecule has 8 heteroatoms. The van der Waals surface area contributed by atoms with Crippen LogP contribution in [0.5, 0.6) is 0 Å². The number of hydrogen-bond donors (Lipinski definition) is 3. The second-order valence-corrected chi connectivity index (χ2v) is 10.5. The normalized spacial score (nSPS) is 39.9. The van der Waals surface area contributed by atoms with Gasteiger partial charge in [0, 0.05) is 19.1 Å². The molecule has 4 bridgehead atoms. The number of piperidine rings is 1. The van der Waals surface area contributed by atoms with E-state index in [9.17, 15) is 13.2 Å². The van der Waals surface area contributed by atoms with Gasteiger partial charge in [0.05, 0.1) is 6.54 Å². The van der Waals surface area contributed by atoms with Crippen molar-refractivity contribution in [1.82, 2.24) is 14.9 Å². The van der Waals surface area contributed by atoms with Crippen molar-refractivity contribution >= 4 is 16.1 Å². The number of nitrogens with zero attached hydrogens (tertiary/aromatic N) is 1. The van der Waals surface area contributed by atoms with E-state index in [4.69, 9.17) is 5.14 Å². The number of carbonyl (C=O) groups is 1. The third-order valence-corrected chi connectivity index (χ3v) is 7.67. The highest BCUT2D eigenvalue weighted by Crippen LogP contribution is 2.53. The van der Waals surface area contributed by atoms with E-state index in [2.05, 4.69) is 14.9 Å². The quantitative estimate of drug-likeness (QED) is 0.618. The van der Waals surface area contributed by atoms with Crippen molar-refractivity contribution in [1.29, 1.82) is 0 Å². The van der Waals surface area contributed by atoms with Crippen molar-refractivity contribution in [3.8, 4) is 0 Å². The molecule has 0 spiro atoms. The summed E-state index contributed by atoms with van der Waals surface area (Å²) in [4.78, 5) is 14.8. The first kappa shape index (κ1) is 18.7. The molecule has 1 saturated heterocycles. The van der Waals surface area contributed by atoms with Crippen LogP contribution in [0, 0.1) is 29.6 Å². The fraction of sp³-hybridized carbons (Fsp3) is 0.944. The van der Waals surface area contributed by atoms with Gasteiger partial charge in [-0.25, -0.2) is 9.86 Å². The summed E-state index contributed by atoms with van der Waals surface area (Å²) in [6.07, 6.45) is 8.62. The molecule has 26 heavy (non-hydrogen) atoms. The average Bonchev–Trinajstić information content (AvgIpc) is 2.55. The Kier molecular flexibility index (Phi) is 5.29. The first-order valence-corrected chi connectivity index (χ1v) is 11.7. The summed E-state index contributed by atoms with van der Waals surface area (Å²) in [5, 5.41) is 8.38. The third-order valence-electron chi connectivity index (χ3n) is 7.10. The number of hydrogen-bond acceptors (Lipinski definition) is 4. The molecule has 148 valence electrons. The highest BCUT2D eigenvalue weighted by Gasteiger charge is 2.48. The number of nitrogens with one attached hydrogen (secondary N) is 2. The minimum absolute atomic E-state index is 0.141. The lowest BCUT2D eigenvalue weighted by atomic mass is 9.54. The van der Waals surface area contributed by atoms with Crippen molar-refractivity contribution in [2.24, 2.45) is 34.7 Å². The summed E-state index contributed by atoms with van der Waals surface area (Å²) < 4.78 is 24.5. The standard InChI is InChI=1S/C18H32N4O3S/c19-26(24,25)20-9-12-2-1-3-22(10-12)11-17(23)21-18-15-5-13-4-14(7-15)8-16(18)6-13/h12-16,18,20H,1-11H2,(H,21,23)(H2,19,24,25). The molecule has 0 aromatic rings. The predicted octanol–water partition coefficient (Wildman–Crippen LogP) is 0.432. The minimum Gasteiger partial charge on any atom is -0.352 e. The fourth-order valence-electron chi connectivity index (χ4n) is 6.29. The Hall–Kier alpha value is -0.700. The molecule has 7 nitrogen and oxygen atoms in total. The van der Waals surface area contributed by atoms with E-state index in [1.807, 2.05) is 0 Å². The van der Waals surface area contributed by atoms with Gasteiger partial charge in [0.2, 0.25) is 5.91 Å². The van der Waals surface area contributed by atoms with Crippen LogP contribution in [0.4, 0.5) is 0 Å². The van der Waals surface area contributed by atoms with Crippen molar-refractivity contribution in [2.45, 2.75) is 51.0 Å². The maximum atomic E-state index is 12.6. The monoisotopic (exact) mass is 384 g/mol. The van der Waals surface area contributed by atoms with E-state index in [-0.39, 0.29) is 11.8 Å². The number of amides is 1. The Labute approximate surface area is 156 Å². The molecule has 4 saturated carbocycles. The Morgan fingerprint density at radius 1 is 1.08 bits per heavy atom. The minimum atomic E-state index is -3.64. The molecular formula is C18H32N4O3S. The lowest BCUT2D eigenvalue weighted by Crippen LogP contribution is -2.57. The zero-order chi connectivity index (χ0) is 18.3. The topological polar surface area (TPSA) is 105 Å². The fourth-order valence-corrected chi connectivity index (χ4v) is 6.76. The average molecular weight is 385 g/mol. The summed E-state index contributed by atoms with van der Waals surface area (Å²) >= 11 is 0. The Bertz CT molecular complexity index is 610. The molecule has 5 rings (SSSR count). The van der Waals surface area contributed by atoms with Crippen molar-refractivity contribution in [2.75, 3.05) is 26.2 Å². The molecule has 1 atom stereocenters. The van der Waals surface area contributed by atoms with Crippen LogP contribution in [0.3, 0.4) is 0 Å². The Morgan fingerprint density at radius 3 is 2.35 bits per heavy atom. The van der Waals surface area contributed by atoms with Gasteiger partial charge < -0.3 is 5.32 Å². The van der Waals surface area contributed by atoms with E-state index in [0.717, 1.165) is 37.8 Å². The van der Waals surface area contributed by atoms with Crippen LogP contribution in [-0.2, 0) is 15.0 Å². The van der Waals surface area contributed by atoms with Gasteiger partial charge in [0.15, 0.2) is 0 Å². The summed E-state index contributed by atoms with van der Waals surface area (Å²) in [6, 6.07) is 0.389. The molecule has 5 fully saturated rings. The maximum Gasteiger partial charge on any atom is 0.274 e. The van der Waals surface area contributed by atoms with E-state index in [1.165, 1.54) is 32.1 Å². The van der Waals surface area contributed by atoms with Gasteiger partial charge in [-0.2, -0.15) is 8.42 Å². The van der Waals surface area contributed by atoms with Crippen molar-refractivity contribution < 1.29 is 13.2 Å². The molecule has 4 N–H and O–H groups in total. The highest BCUT2D eigenvalue weighted by molar-refractivity contribution is 7.87. The third kappa shape index (κ3) is 4.40. The summed E-state index contributed by atoms with van der Waals surface area (Å²) in [6.45, 7) is 2.43. The van der Waals surface area contributed by atoms with Gasteiger partial charge in [-0.15, -0.1) is 0 Å². The largest absolute Gasteiger partial charge is 0.352 e. The molecule has 1 unspecified atom stereocenters. The van der Waals surface area contributed by atoms with Gasteiger partial charge in [0.1, 0.15) is 0 Å². The van der Waals surface area contributed by atoms with Crippen LogP contribution in [-0.4, -0.2) is 51.4 Å². The molecule has 0 aromatic carbocycles. The van der Waals surface area contributed by atoms with Gasteiger partial charge in [-0.1, -0.05) is 0 Å². The molecule has 1 aliphatic heterocycles. The first-order chi connectivity index (χ1) is 12.4. The predicted molar refractivity (Wildman–Crippen MR) is 99.2 cm³/mol. The molecule has 1 amide bonds. The van der Waals surface area contributed by atoms with Gasteiger partial charge in [0.25, 0.3) is 10.2 Å². The second-order valence-electron chi connectivity index (χ2n) is 9.16. The van der Waals surface area contributed by atoms with Crippen LogP contribution in [0.1, 0.15) is 44.9 Å². The van der Waals surface area contributed by atoms with E-state index >= 15 is 0 Å². The summed E-state index contributed by atoms with van der Waals surface area (Å²) in [7, 11) is -3.64. The highest BCUT2D eigenvalue weighted by atomic mass is 32.2. The first-order valence-electron chi connectivity index (χ1n) is 10.1. The molecule has 5 aliphatic rings. The maximum absolute atomic E-state index is 12.6. The number of carbonyl (C=O) groups excluding carboxylic acids is 1. The zero-order valence-electron chi connectivity index (χ0n) is 15.4. The van der Waals surface area contributed by atoms with Crippen LogP contribution < -0.4 is 15.2 Å². The van der Waals surface area contributed by atoms with E-state index < -0.39 is 10.2 Å². The molecular weight excluding hydrogens is 352 g/mol.